The van der Waals surface area contributed by atoms with Crippen LogP contribution in [0.4, 0.5) is 0 Å². The van der Waals surface area contributed by atoms with Crippen molar-refractivity contribution in [1.29, 1.82) is 0 Å². The zero-order valence-corrected chi connectivity index (χ0v) is 8.99. The largest absolute Gasteiger partial charge is 0.259 e. The molecule has 0 bridgehead atoms. The Morgan fingerprint density at radius 1 is 1.08 bits per heavy atom. The van der Waals surface area contributed by atoms with Crippen molar-refractivity contribution in [2.24, 2.45) is 0 Å². The predicted molar refractivity (Wildman–Crippen MR) is 48.5 cm³/mol. The predicted octanol–water partition coefficient (Wildman–Crippen LogP) is 0.446. The number of rotatable bonds is 3. The Balaban J connectivity index is 2.45. The van der Waals surface area contributed by atoms with Crippen LogP contribution in [0.15, 0.2) is 0 Å². The summed E-state index contributed by atoms with van der Waals surface area (Å²) in [4.78, 5) is 0. The molecule has 2 saturated carbocycles. The fourth-order valence-electron chi connectivity index (χ4n) is 1.24. The van der Waals surface area contributed by atoms with Gasteiger partial charge in [-0.15, -0.1) is 0 Å². The first kappa shape index (κ1) is 9.45. The van der Waals surface area contributed by atoms with Crippen LogP contribution in [-0.2, 0) is 17.7 Å². The first-order valence-corrected chi connectivity index (χ1v) is 7.84. The second-order valence-electron chi connectivity index (χ2n) is 4.10. The molecule has 0 atom stereocenters. The summed E-state index contributed by atoms with van der Waals surface area (Å²) >= 11 is 0. The quantitative estimate of drug-likeness (QED) is 0.652. The molecule has 0 N–H and O–H groups in total. The Hall–Kier alpha value is -0.100. The Morgan fingerprint density at radius 2 is 1.54 bits per heavy atom. The minimum atomic E-state index is -3.93. The maximum absolute atomic E-state index is 11.6. The summed E-state index contributed by atoms with van der Waals surface area (Å²) in [5.74, 6) is 0. The van der Waals surface area contributed by atoms with E-state index >= 15 is 0 Å². The van der Waals surface area contributed by atoms with Crippen LogP contribution < -0.4 is 0 Å². The molecule has 0 aromatic carbocycles. The van der Waals surface area contributed by atoms with Gasteiger partial charge in [-0.25, -0.2) is 16.8 Å². The van der Waals surface area contributed by atoms with Crippen molar-refractivity contribution in [3.05, 3.63) is 0 Å². The topological polar surface area (TPSA) is 68.3 Å². The molecule has 0 saturated heterocycles. The summed E-state index contributed by atoms with van der Waals surface area (Å²) in [6.07, 6.45) is 2.00. The maximum atomic E-state index is 11.6. The molecule has 0 aliphatic heterocycles. The van der Waals surface area contributed by atoms with Crippen LogP contribution in [0.2, 0.25) is 0 Å². The third-order valence-corrected chi connectivity index (χ3v) is 10.2. The highest BCUT2D eigenvalue weighted by molar-refractivity contribution is 8.68. The van der Waals surface area contributed by atoms with Crippen molar-refractivity contribution in [2.75, 3.05) is 0 Å². The van der Waals surface area contributed by atoms with Crippen molar-refractivity contribution in [3.63, 3.8) is 0 Å². The van der Waals surface area contributed by atoms with Gasteiger partial charge in [0.25, 0.3) is 17.7 Å². The fraction of sp³-hybridized carbons (Fsp3) is 1.00. The van der Waals surface area contributed by atoms with E-state index in [0.29, 0.717) is 25.7 Å². The molecule has 0 aromatic rings. The molecule has 2 aliphatic rings. The molecule has 0 radical (unpaired) electrons. The molecule has 2 rings (SSSR count). The lowest BCUT2D eigenvalue weighted by Crippen LogP contribution is -2.30. The molecule has 0 aromatic heterocycles. The highest BCUT2D eigenvalue weighted by Crippen LogP contribution is 2.48. The molecule has 2 fully saturated rings. The molecule has 0 amide bonds. The van der Waals surface area contributed by atoms with E-state index in [2.05, 4.69) is 0 Å². The van der Waals surface area contributed by atoms with Gasteiger partial charge in [-0.3, -0.25) is 0 Å². The zero-order valence-electron chi connectivity index (χ0n) is 7.36. The van der Waals surface area contributed by atoms with Crippen LogP contribution in [0.25, 0.3) is 0 Å². The lowest BCUT2D eigenvalue weighted by molar-refractivity contribution is 0.574. The van der Waals surface area contributed by atoms with Crippen LogP contribution in [0, 0.1) is 0 Å². The van der Waals surface area contributed by atoms with Gasteiger partial charge in [-0.05, 0) is 32.6 Å². The molecular weight excluding hydrogens is 212 g/mol. The third-order valence-electron chi connectivity index (χ3n) is 2.80. The van der Waals surface area contributed by atoms with Gasteiger partial charge in [0.05, 0.1) is 10.00 Å². The van der Waals surface area contributed by atoms with Gasteiger partial charge in [-0.1, -0.05) is 0 Å². The van der Waals surface area contributed by atoms with Crippen molar-refractivity contribution < 1.29 is 16.8 Å². The van der Waals surface area contributed by atoms with Crippen LogP contribution in [0.1, 0.15) is 32.6 Å². The summed E-state index contributed by atoms with van der Waals surface area (Å²) in [5.41, 5.74) is 0. The molecule has 0 heterocycles. The van der Waals surface area contributed by atoms with Gasteiger partial charge < -0.3 is 0 Å². The van der Waals surface area contributed by atoms with E-state index in [0.717, 1.165) is 0 Å². The molecule has 0 spiro atoms. The third kappa shape index (κ3) is 1.15. The van der Waals surface area contributed by atoms with Crippen molar-refractivity contribution in [3.8, 4) is 0 Å². The van der Waals surface area contributed by atoms with Gasteiger partial charge in [-0.2, -0.15) is 0 Å². The van der Waals surface area contributed by atoms with Crippen LogP contribution in [0.3, 0.4) is 0 Å². The van der Waals surface area contributed by atoms with E-state index in [1.54, 1.807) is 0 Å². The van der Waals surface area contributed by atoms with Crippen LogP contribution >= 0.6 is 0 Å². The zero-order chi connectivity index (χ0) is 9.91. The molecule has 2 aliphatic carbocycles. The summed E-state index contributed by atoms with van der Waals surface area (Å²) in [6, 6.07) is 0. The Labute approximate surface area is 77.6 Å². The summed E-state index contributed by atoms with van der Waals surface area (Å²) in [7, 11) is -7.82. The Morgan fingerprint density at radius 3 is 1.85 bits per heavy atom. The highest BCUT2D eigenvalue weighted by Gasteiger charge is 2.59. The van der Waals surface area contributed by atoms with Crippen molar-refractivity contribution >= 4 is 17.7 Å². The highest BCUT2D eigenvalue weighted by atomic mass is 33.2. The summed E-state index contributed by atoms with van der Waals surface area (Å²) in [6.45, 7) is 1.52. The lowest BCUT2D eigenvalue weighted by atomic mass is 10.5. The lowest BCUT2D eigenvalue weighted by Gasteiger charge is -2.09. The second kappa shape index (κ2) is 2.28. The average Bonchev–Trinajstić information content (AvgIpc) is 2.78. The first-order chi connectivity index (χ1) is 5.81. The van der Waals surface area contributed by atoms with Crippen molar-refractivity contribution in [1.82, 2.24) is 0 Å². The number of hydrogen-bond acceptors (Lipinski definition) is 4. The fourth-order valence-corrected chi connectivity index (χ4v) is 7.31. The molecule has 13 heavy (non-hydrogen) atoms. The van der Waals surface area contributed by atoms with E-state index in [9.17, 15) is 16.8 Å². The van der Waals surface area contributed by atoms with Gasteiger partial charge in [0.1, 0.15) is 0 Å². The summed E-state index contributed by atoms with van der Waals surface area (Å²) < 4.78 is 45.3. The standard InChI is InChI=1S/C7H12O4S2/c1-7(4-5-7)13(10,11)12(8,9)6-2-3-6/h6H,2-5H2,1H3. The second-order valence-corrected chi connectivity index (χ2v) is 10.4. The van der Waals surface area contributed by atoms with E-state index in [-0.39, 0.29) is 0 Å². The van der Waals surface area contributed by atoms with E-state index in [4.69, 9.17) is 0 Å². The number of hydrogen-bond donors (Lipinski definition) is 0. The Bertz CT molecular complexity index is 423. The molecule has 0 unspecified atom stereocenters. The van der Waals surface area contributed by atoms with Gasteiger partial charge in [0.15, 0.2) is 0 Å². The normalized spacial score (nSPS) is 27.2. The molecule has 76 valence electrons. The smallest absolute Gasteiger partial charge is 0.212 e. The molecular formula is C7H12O4S2. The maximum Gasteiger partial charge on any atom is 0.259 e. The minimum Gasteiger partial charge on any atom is -0.212 e. The molecule has 4 nitrogen and oxygen atoms in total. The van der Waals surface area contributed by atoms with Gasteiger partial charge >= 0.3 is 0 Å². The van der Waals surface area contributed by atoms with Gasteiger partial charge in [0.2, 0.25) is 0 Å². The first-order valence-electron chi connectivity index (χ1n) is 4.30. The Kier molecular flexibility index (Phi) is 1.66. The van der Waals surface area contributed by atoms with E-state index < -0.39 is 27.7 Å². The van der Waals surface area contributed by atoms with E-state index in [1.165, 1.54) is 6.92 Å². The van der Waals surface area contributed by atoms with Gasteiger partial charge in [0, 0.05) is 0 Å². The van der Waals surface area contributed by atoms with Crippen LogP contribution in [-0.4, -0.2) is 26.8 Å². The average molecular weight is 224 g/mol. The van der Waals surface area contributed by atoms with E-state index in [1.807, 2.05) is 0 Å². The molecule has 6 heteroatoms. The van der Waals surface area contributed by atoms with Crippen molar-refractivity contribution in [2.45, 2.75) is 42.6 Å². The van der Waals surface area contributed by atoms with Crippen LogP contribution in [0.5, 0.6) is 0 Å². The minimum absolute atomic E-state index is 0.487. The summed E-state index contributed by atoms with van der Waals surface area (Å²) in [5, 5.41) is -0.602. The monoisotopic (exact) mass is 224 g/mol. The SMILES string of the molecule is CC1(S(=O)(=O)S(=O)(=O)C2CC2)CC1.